The van der Waals surface area contributed by atoms with E-state index in [-0.39, 0.29) is 17.2 Å². The Morgan fingerprint density at radius 1 is 1.50 bits per heavy atom. The molecule has 0 saturated heterocycles. The highest BCUT2D eigenvalue weighted by atomic mass is 35.5. The molecule has 0 saturated carbocycles. The van der Waals surface area contributed by atoms with Crippen molar-refractivity contribution in [2.75, 3.05) is 6.61 Å². The fourth-order valence-corrected chi connectivity index (χ4v) is 1.22. The van der Waals surface area contributed by atoms with Gasteiger partial charge in [0.15, 0.2) is 0 Å². The molecular formula is C11H13ClO4. The van der Waals surface area contributed by atoms with Gasteiger partial charge >= 0.3 is 5.97 Å². The monoisotopic (exact) mass is 244 g/mol. The molecule has 1 rings (SSSR count). The van der Waals surface area contributed by atoms with Crippen LogP contribution in [0.4, 0.5) is 0 Å². The highest BCUT2D eigenvalue weighted by Crippen LogP contribution is 2.22. The largest absolute Gasteiger partial charge is 0.491 e. The van der Waals surface area contributed by atoms with Gasteiger partial charge in [-0.25, -0.2) is 4.79 Å². The van der Waals surface area contributed by atoms with Crippen molar-refractivity contribution in [3.8, 4) is 5.75 Å². The van der Waals surface area contributed by atoms with Gasteiger partial charge < -0.3 is 14.9 Å². The standard InChI is InChI=1S/C11H13ClO4/c1-11(2,15)6-16-7-3-4-9(12)8(5-7)10(13)14/h3-5,15H,6H2,1-2H3,(H,13,14). The molecule has 16 heavy (non-hydrogen) atoms. The molecule has 4 nitrogen and oxygen atoms in total. The highest BCUT2D eigenvalue weighted by Gasteiger charge is 2.15. The molecule has 0 atom stereocenters. The van der Waals surface area contributed by atoms with E-state index in [1.54, 1.807) is 19.9 Å². The third-order valence-corrected chi connectivity index (χ3v) is 2.09. The topological polar surface area (TPSA) is 66.8 Å². The second-order valence-electron chi connectivity index (χ2n) is 4.05. The fraction of sp³-hybridized carbons (Fsp3) is 0.364. The molecule has 0 bridgehead atoms. The Hall–Kier alpha value is -1.26. The van der Waals surface area contributed by atoms with Crippen molar-refractivity contribution in [2.24, 2.45) is 0 Å². The molecule has 0 fully saturated rings. The molecule has 0 aliphatic carbocycles. The number of halogens is 1. The third-order valence-electron chi connectivity index (χ3n) is 1.76. The van der Waals surface area contributed by atoms with Crippen LogP contribution in [0.25, 0.3) is 0 Å². The van der Waals surface area contributed by atoms with E-state index in [1.165, 1.54) is 12.1 Å². The van der Waals surface area contributed by atoms with E-state index in [1.807, 2.05) is 0 Å². The zero-order chi connectivity index (χ0) is 12.3. The predicted octanol–water partition coefficient (Wildman–Crippen LogP) is 2.19. The number of hydrogen-bond donors (Lipinski definition) is 2. The lowest BCUT2D eigenvalue weighted by atomic mass is 10.1. The first kappa shape index (κ1) is 12.8. The van der Waals surface area contributed by atoms with E-state index in [9.17, 15) is 9.90 Å². The molecule has 88 valence electrons. The third kappa shape index (κ3) is 3.72. The smallest absolute Gasteiger partial charge is 0.337 e. The molecule has 0 spiro atoms. The second-order valence-corrected chi connectivity index (χ2v) is 4.46. The van der Waals surface area contributed by atoms with E-state index in [2.05, 4.69) is 0 Å². The lowest BCUT2D eigenvalue weighted by Gasteiger charge is -2.18. The average Bonchev–Trinajstić information content (AvgIpc) is 2.14. The number of benzene rings is 1. The number of ether oxygens (including phenoxy) is 1. The summed E-state index contributed by atoms with van der Waals surface area (Å²) in [6, 6.07) is 4.33. The summed E-state index contributed by atoms with van der Waals surface area (Å²) in [5, 5.41) is 18.4. The van der Waals surface area contributed by atoms with Crippen molar-refractivity contribution in [3.63, 3.8) is 0 Å². The van der Waals surface area contributed by atoms with Crippen LogP contribution in [0.3, 0.4) is 0 Å². The van der Waals surface area contributed by atoms with Crippen LogP contribution in [-0.2, 0) is 0 Å². The molecule has 0 aliphatic rings. The molecule has 1 aromatic rings. The van der Waals surface area contributed by atoms with Gasteiger partial charge in [-0.3, -0.25) is 0 Å². The van der Waals surface area contributed by atoms with Gasteiger partial charge in [0, 0.05) is 0 Å². The van der Waals surface area contributed by atoms with Crippen LogP contribution in [0.1, 0.15) is 24.2 Å². The Balaban J connectivity index is 2.83. The first-order valence-electron chi connectivity index (χ1n) is 4.67. The Labute approximate surface area is 98.4 Å². The molecule has 0 heterocycles. The summed E-state index contributed by atoms with van der Waals surface area (Å²) < 4.78 is 5.24. The molecule has 0 radical (unpaired) electrons. The summed E-state index contributed by atoms with van der Waals surface area (Å²) in [5.41, 5.74) is -0.988. The van der Waals surface area contributed by atoms with E-state index in [0.29, 0.717) is 5.75 Å². The lowest BCUT2D eigenvalue weighted by molar-refractivity contribution is 0.0284. The molecule has 5 heteroatoms. The number of carbonyl (C=O) groups is 1. The number of rotatable bonds is 4. The maximum Gasteiger partial charge on any atom is 0.337 e. The fourth-order valence-electron chi connectivity index (χ4n) is 1.02. The minimum atomic E-state index is -1.11. The number of aliphatic hydroxyl groups is 1. The molecule has 0 aliphatic heterocycles. The summed E-state index contributed by atoms with van der Waals surface area (Å²) >= 11 is 5.70. The number of aromatic carboxylic acids is 1. The van der Waals surface area contributed by atoms with Crippen LogP contribution < -0.4 is 4.74 Å². The van der Waals surface area contributed by atoms with Gasteiger partial charge in [-0.2, -0.15) is 0 Å². The summed E-state index contributed by atoms with van der Waals surface area (Å²) in [6.07, 6.45) is 0. The zero-order valence-corrected chi connectivity index (χ0v) is 9.78. The van der Waals surface area contributed by atoms with Crippen LogP contribution in [0.2, 0.25) is 5.02 Å². The SMILES string of the molecule is CC(C)(O)COc1ccc(Cl)c(C(=O)O)c1. The lowest BCUT2D eigenvalue weighted by Crippen LogP contribution is -2.27. The molecular weight excluding hydrogens is 232 g/mol. The van der Waals surface area contributed by atoms with Crippen molar-refractivity contribution >= 4 is 17.6 Å². The molecule has 1 aromatic carbocycles. The maximum absolute atomic E-state index is 10.8. The maximum atomic E-state index is 10.8. The van der Waals surface area contributed by atoms with Gasteiger partial charge in [-0.05, 0) is 32.0 Å². The summed E-state index contributed by atoms with van der Waals surface area (Å²) in [4.78, 5) is 10.8. The molecule has 0 unspecified atom stereocenters. The quantitative estimate of drug-likeness (QED) is 0.852. The van der Waals surface area contributed by atoms with Crippen LogP contribution in [0.5, 0.6) is 5.75 Å². The van der Waals surface area contributed by atoms with Crippen LogP contribution in [-0.4, -0.2) is 28.4 Å². The number of carboxylic acids is 1. The number of carboxylic acid groups (broad SMARTS) is 1. The van der Waals surface area contributed by atoms with Crippen molar-refractivity contribution in [3.05, 3.63) is 28.8 Å². The van der Waals surface area contributed by atoms with Gasteiger partial charge in [-0.1, -0.05) is 11.6 Å². The normalized spacial score (nSPS) is 11.2. The minimum Gasteiger partial charge on any atom is -0.491 e. The van der Waals surface area contributed by atoms with Gasteiger partial charge in [0.05, 0.1) is 16.2 Å². The van der Waals surface area contributed by atoms with Gasteiger partial charge in [0.1, 0.15) is 12.4 Å². The Kier molecular flexibility index (Phi) is 3.78. The molecule has 0 aromatic heterocycles. The Morgan fingerprint density at radius 2 is 2.12 bits per heavy atom. The Bertz CT molecular complexity index is 395. The van der Waals surface area contributed by atoms with Crippen molar-refractivity contribution < 1.29 is 19.7 Å². The highest BCUT2D eigenvalue weighted by molar-refractivity contribution is 6.33. The second kappa shape index (κ2) is 4.72. The van der Waals surface area contributed by atoms with E-state index in [0.717, 1.165) is 0 Å². The van der Waals surface area contributed by atoms with E-state index in [4.69, 9.17) is 21.4 Å². The molecule has 0 amide bonds. The first-order chi connectivity index (χ1) is 7.29. The van der Waals surface area contributed by atoms with Crippen molar-refractivity contribution in [1.82, 2.24) is 0 Å². The van der Waals surface area contributed by atoms with Crippen molar-refractivity contribution in [2.45, 2.75) is 19.4 Å². The summed E-state index contributed by atoms with van der Waals surface area (Å²) in [5.74, 6) is -0.748. The van der Waals surface area contributed by atoms with Crippen LogP contribution in [0.15, 0.2) is 18.2 Å². The number of hydrogen-bond acceptors (Lipinski definition) is 3. The van der Waals surface area contributed by atoms with E-state index < -0.39 is 11.6 Å². The first-order valence-corrected chi connectivity index (χ1v) is 5.05. The molecule has 2 N–H and O–H groups in total. The summed E-state index contributed by atoms with van der Waals surface area (Å²) in [6.45, 7) is 3.27. The Morgan fingerprint density at radius 3 is 2.62 bits per heavy atom. The minimum absolute atomic E-state index is 0.0186. The van der Waals surface area contributed by atoms with Crippen molar-refractivity contribution in [1.29, 1.82) is 0 Å². The van der Waals surface area contributed by atoms with Gasteiger partial charge in [0.2, 0.25) is 0 Å². The summed E-state index contributed by atoms with van der Waals surface area (Å²) in [7, 11) is 0. The average molecular weight is 245 g/mol. The van der Waals surface area contributed by atoms with Gasteiger partial charge in [-0.15, -0.1) is 0 Å². The van der Waals surface area contributed by atoms with Crippen LogP contribution in [0, 0.1) is 0 Å². The predicted molar refractivity (Wildman–Crippen MR) is 60.2 cm³/mol. The zero-order valence-electron chi connectivity index (χ0n) is 9.03. The van der Waals surface area contributed by atoms with Gasteiger partial charge in [0.25, 0.3) is 0 Å². The van der Waals surface area contributed by atoms with Crippen LogP contribution >= 0.6 is 11.6 Å². The van der Waals surface area contributed by atoms with E-state index >= 15 is 0 Å².